The second-order valence-electron chi connectivity index (χ2n) is 4.12. The maximum atomic E-state index is 12.7. The fraction of sp³-hybridized carbons (Fsp3) is 0.182. The van der Waals surface area contributed by atoms with Gasteiger partial charge >= 0.3 is 6.18 Å². The fourth-order valence-electron chi connectivity index (χ4n) is 1.95. The van der Waals surface area contributed by atoms with Crippen molar-refractivity contribution < 1.29 is 17.8 Å². The highest BCUT2D eigenvalue weighted by Gasteiger charge is 2.31. The van der Waals surface area contributed by atoms with Gasteiger partial charge in [0.05, 0.1) is 11.0 Å². The zero-order valence-electron chi connectivity index (χ0n) is 9.92. The van der Waals surface area contributed by atoms with Gasteiger partial charge in [0.25, 0.3) is 0 Å². The molecule has 0 saturated heterocycles. The van der Waals surface area contributed by atoms with Crippen molar-refractivity contribution in [3.8, 4) is 11.5 Å². The molecule has 9 heteroatoms. The topological polar surface area (TPSA) is 82.8 Å². The summed E-state index contributed by atoms with van der Waals surface area (Å²) in [5.74, 6) is -0.133. The Hall–Kier alpha value is -2.58. The summed E-state index contributed by atoms with van der Waals surface area (Å²) in [7, 11) is 0. The first-order chi connectivity index (χ1) is 9.46. The van der Waals surface area contributed by atoms with Gasteiger partial charge in [-0.2, -0.15) is 13.2 Å². The molecule has 0 unspecified atom stereocenters. The fourth-order valence-corrected chi connectivity index (χ4v) is 1.95. The highest BCUT2D eigenvalue weighted by atomic mass is 19.4. The molecule has 2 heterocycles. The molecule has 0 aliphatic heterocycles. The second kappa shape index (κ2) is 4.22. The number of alkyl halides is 3. The van der Waals surface area contributed by atoms with Crippen LogP contribution in [0.2, 0.25) is 0 Å². The van der Waals surface area contributed by atoms with E-state index in [0.29, 0.717) is 11.0 Å². The van der Waals surface area contributed by atoms with Gasteiger partial charge in [-0.1, -0.05) is 12.1 Å². The molecule has 2 N–H and O–H groups in total. The first kappa shape index (κ1) is 12.5. The van der Waals surface area contributed by atoms with Crippen molar-refractivity contribution in [2.45, 2.75) is 12.7 Å². The Bertz CT molecular complexity index is 761. The van der Waals surface area contributed by atoms with Gasteiger partial charge < -0.3 is 10.3 Å². The van der Waals surface area contributed by atoms with Crippen LogP contribution in [0.25, 0.3) is 22.6 Å². The molecule has 1 aromatic carbocycles. The summed E-state index contributed by atoms with van der Waals surface area (Å²) in [5.41, 5.74) is 6.26. The number of fused-ring (bicyclic) bond motifs is 1. The quantitative estimate of drug-likeness (QED) is 0.779. The molecule has 0 aliphatic rings. The van der Waals surface area contributed by atoms with Crippen molar-refractivity contribution in [3.05, 3.63) is 24.3 Å². The zero-order valence-corrected chi connectivity index (χ0v) is 9.92. The average Bonchev–Trinajstić information content (AvgIpc) is 2.92. The Morgan fingerprint density at radius 3 is 2.60 bits per heavy atom. The number of hydrogen-bond acceptors (Lipinski definition) is 5. The molecule has 0 bridgehead atoms. The summed E-state index contributed by atoms with van der Waals surface area (Å²) in [6.07, 6.45) is -4.40. The van der Waals surface area contributed by atoms with Gasteiger partial charge in [-0.25, -0.2) is 9.61 Å². The van der Waals surface area contributed by atoms with E-state index in [1.807, 2.05) is 0 Å². The van der Waals surface area contributed by atoms with Gasteiger partial charge in [0.15, 0.2) is 17.3 Å². The lowest BCUT2D eigenvalue weighted by molar-refractivity contribution is -0.139. The van der Waals surface area contributed by atoms with E-state index in [2.05, 4.69) is 19.9 Å². The minimum absolute atomic E-state index is 0.00884. The lowest BCUT2D eigenvalue weighted by Gasteiger charge is -2.10. The Balaban J connectivity index is 2.25. The summed E-state index contributed by atoms with van der Waals surface area (Å²) in [6.45, 7) is -1.20. The van der Waals surface area contributed by atoms with E-state index >= 15 is 0 Å². The molecule has 0 fully saturated rings. The highest BCUT2D eigenvalue weighted by Crippen LogP contribution is 2.29. The lowest BCUT2D eigenvalue weighted by Crippen LogP contribution is -2.18. The van der Waals surface area contributed by atoms with E-state index in [0.717, 1.165) is 4.57 Å². The summed E-state index contributed by atoms with van der Waals surface area (Å²) in [6, 6.07) is 6.46. The maximum Gasteiger partial charge on any atom is 0.406 e. The molecule has 0 amide bonds. The largest absolute Gasteiger partial charge is 0.406 e. The number of halogens is 3. The zero-order chi connectivity index (χ0) is 14.3. The Morgan fingerprint density at radius 2 is 1.95 bits per heavy atom. The van der Waals surface area contributed by atoms with E-state index in [4.69, 9.17) is 5.73 Å². The molecule has 0 saturated carbocycles. The minimum Gasteiger partial charge on any atom is -0.379 e. The SMILES string of the molecule is Nc1nonc1-c1nc2ccccc2n1CC(F)(F)F. The van der Waals surface area contributed by atoms with Crippen LogP contribution in [0.3, 0.4) is 0 Å². The van der Waals surface area contributed by atoms with Crippen LogP contribution in [0.4, 0.5) is 19.0 Å². The molecule has 20 heavy (non-hydrogen) atoms. The Morgan fingerprint density at radius 1 is 1.20 bits per heavy atom. The van der Waals surface area contributed by atoms with Gasteiger partial charge in [0.1, 0.15) is 6.54 Å². The van der Waals surface area contributed by atoms with Crippen LogP contribution in [0.15, 0.2) is 28.9 Å². The van der Waals surface area contributed by atoms with Crippen LogP contribution in [-0.2, 0) is 6.54 Å². The number of nitrogen functional groups attached to an aromatic ring is 1. The number of benzene rings is 1. The molecule has 3 rings (SSSR count). The van der Waals surface area contributed by atoms with E-state index in [1.54, 1.807) is 24.3 Å². The smallest absolute Gasteiger partial charge is 0.379 e. The van der Waals surface area contributed by atoms with E-state index in [1.165, 1.54) is 0 Å². The van der Waals surface area contributed by atoms with Gasteiger partial charge in [0, 0.05) is 0 Å². The molecule has 2 aromatic heterocycles. The van der Waals surface area contributed by atoms with Crippen molar-refractivity contribution >= 4 is 16.9 Å². The Kier molecular flexibility index (Phi) is 2.63. The predicted octanol–water partition coefficient (Wildman–Crippen LogP) is 2.23. The number of anilines is 1. The molecule has 0 radical (unpaired) electrons. The summed E-state index contributed by atoms with van der Waals surface area (Å²) >= 11 is 0. The number of nitrogens with zero attached hydrogens (tertiary/aromatic N) is 4. The van der Waals surface area contributed by atoms with Gasteiger partial charge in [-0.05, 0) is 22.4 Å². The molecular weight excluding hydrogens is 275 g/mol. The van der Waals surface area contributed by atoms with Crippen molar-refractivity contribution in [3.63, 3.8) is 0 Å². The molecule has 0 spiro atoms. The number of para-hydroxylation sites is 2. The number of aromatic nitrogens is 4. The van der Waals surface area contributed by atoms with E-state index in [-0.39, 0.29) is 17.3 Å². The van der Waals surface area contributed by atoms with Crippen LogP contribution < -0.4 is 5.73 Å². The molecule has 3 aromatic rings. The molecule has 6 nitrogen and oxygen atoms in total. The highest BCUT2D eigenvalue weighted by molar-refractivity contribution is 5.81. The van der Waals surface area contributed by atoms with Crippen molar-refractivity contribution in [1.29, 1.82) is 0 Å². The summed E-state index contributed by atoms with van der Waals surface area (Å²) in [5, 5.41) is 6.87. The van der Waals surface area contributed by atoms with Crippen LogP contribution in [0.5, 0.6) is 0 Å². The number of rotatable bonds is 2. The van der Waals surface area contributed by atoms with Crippen molar-refractivity contribution in [2.24, 2.45) is 0 Å². The van der Waals surface area contributed by atoms with Crippen molar-refractivity contribution in [1.82, 2.24) is 19.9 Å². The molecular formula is C11H8F3N5O. The lowest BCUT2D eigenvalue weighted by atomic mass is 10.3. The Labute approximate surface area is 110 Å². The summed E-state index contributed by atoms with van der Waals surface area (Å²) in [4.78, 5) is 4.12. The van der Waals surface area contributed by atoms with Gasteiger partial charge in [0.2, 0.25) is 0 Å². The third-order valence-corrected chi connectivity index (χ3v) is 2.72. The normalized spacial score (nSPS) is 12.2. The van der Waals surface area contributed by atoms with E-state index in [9.17, 15) is 13.2 Å². The van der Waals surface area contributed by atoms with Gasteiger partial charge in [-0.15, -0.1) is 0 Å². The van der Waals surface area contributed by atoms with Crippen molar-refractivity contribution in [2.75, 3.05) is 5.73 Å². The molecule has 0 aliphatic carbocycles. The monoisotopic (exact) mass is 283 g/mol. The first-order valence-corrected chi connectivity index (χ1v) is 5.56. The summed E-state index contributed by atoms with van der Waals surface area (Å²) < 4.78 is 43.6. The molecule has 104 valence electrons. The predicted molar refractivity (Wildman–Crippen MR) is 63.5 cm³/mol. The standard InChI is InChI=1S/C11H8F3N5O/c12-11(13,14)5-19-7-4-2-1-3-6(7)16-10(19)8-9(15)18-20-17-8/h1-4H,5H2,(H2,15,18). The van der Waals surface area contributed by atoms with E-state index < -0.39 is 12.7 Å². The molecule has 0 atom stereocenters. The van der Waals surface area contributed by atoms with Crippen LogP contribution >= 0.6 is 0 Å². The van der Waals surface area contributed by atoms with Crippen LogP contribution in [0, 0.1) is 0 Å². The number of nitrogens with two attached hydrogens (primary N) is 1. The van der Waals surface area contributed by atoms with Gasteiger partial charge in [-0.3, -0.25) is 0 Å². The number of imidazole rings is 1. The van der Waals surface area contributed by atoms with Crippen LogP contribution in [-0.4, -0.2) is 26.0 Å². The van der Waals surface area contributed by atoms with Crippen LogP contribution in [0.1, 0.15) is 0 Å². The maximum absolute atomic E-state index is 12.7. The third-order valence-electron chi connectivity index (χ3n) is 2.72. The number of hydrogen-bond donors (Lipinski definition) is 1. The first-order valence-electron chi connectivity index (χ1n) is 5.56. The minimum atomic E-state index is -4.40. The average molecular weight is 283 g/mol. The third kappa shape index (κ3) is 2.06. The second-order valence-corrected chi connectivity index (χ2v) is 4.12.